The molecule has 27 heavy (non-hydrogen) atoms. The summed E-state index contributed by atoms with van der Waals surface area (Å²) in [5.74, 6) is -0.602. The van der Waals surface area contributed by atoms with Crippen molar-refractivity contribution in [3.8, 4) is 5.75 Å². The number of carbonyl (C=O) groups is 2. The summed E-state index contributed by atoms with van der Waals surface area (Å²) >= 11 is 3.01. The Morgan fingerprint density at radius 2 is 2.15 bits per heavy atom. The number of rotatable bonds is 7. The number of nitrogens with zero attached hydrogens (tertiary/aromatic N) is 1. The molecule has 0 aliphatic carbocycles. The van der Waals surface area contributed by atoms with E-state index in [0.717, 1.165) is 25.5 Å². The second-order valence-electron chi connectivity index (χ2n) is 5.95. The number of aryl methyl sites for hydroxylation is 2. The van der Waals surface area contributed by atoms with Crippen LogP contribution in [0.3, 0.4) is 0 Å². The minimum Gasteiger partial charge on any atom is -0.488 e. The molecule has 2 aromatic heterocycles. The average Bonchev–Trinajstić information content (AvgIpc) is 3.18. The van der Waals surface area contributed by atoms with Crippen LogP contribution >= 0.6 is 22.7 Å². The fourth-order valence-electron chi connectivity index (χ4n) is 2.62. The maximum Gasteiger partial charge on any atom is 0.253 e. The molecule has 0 radical (unpaired) electrons. The third kappa shape index (κ3) is 4.10. The number of aliphatic hydroxyl groups excluding tert-OH is 1. The predicted octanol–water partition coefficient (Wildman–Crippen LogP) is 2.13. The summed E-state index contributed by atoms with van der Waals surface area (Å²) in [6, 6.07) is 4.44. The van der Waals surface area contributed by atoms with Crippen molar-refractivity contribution < 1.29 is 19.4 Å². The summed E-state index contributed by atoms with van der Waals surface area (Å²) in [5.41, 5.74) is 8.35. The van der Waals surface area contributed by atoms with Gasteiger partial charge in [-0.3, -0.25) is 9.59 Å². The van der Waals surface area contributed by atoms with Gasteiger partial charge in [-0.2, -0.15) is 0 Å². The number of hydrogen-bond acceptors (Lipinski definition) is 7. The maximum atomic E-state index is 12.6. The topological polar surface area (TPSA) is 115 Å². The molecule has 0 saturated heterocycles. The normalized spacial score (nSPS) is 12.1. The minimum atomic E-state index is -1.12. The summed E-state index contributed by atoms with van der Waals surface area (Å²) in [6.45, 7) is 3.62. The van der Waals surface area contributed by atoms with Crippen molar-refractivity contribution >= 4 is 44.6 Å². The van der Waals surface area contributed by atoms with E-state index in [2.05, 4.69) is 10.3 Å². The number of nitrogens with two attached hydrogens (primary N) is 1. The van der Waals surface area contributed by atoms with Gasteiger partial charge < -0.3 is 20.9 Å². The van der Waals surface area contributed by atoms with E-state index < -0.39 is 24.5 Å². The zero-order valence-corrected chi connectivity index (χ0v) is 16.4. The highest BCUT2D eigenvalue weighted by Crippen LogP contribution is 2.34. The summed E-state index contributed by atoms with van der Waals surface area (Å²) < 4.78 is 6.78. The summed E-state index contributed by atoms with van der Waals surface area (Å²) in [5, 5.41) is 12.4. The fraction of sp³-hybridized carbons (Fsp3) is 0.278. The number of carbonyl (C=O) groups excluding carboxylic acids is 2. The smallest absolute Gasteiger partial charge is 0.253 e. The van der Waals surface area contributed by atoms with Gasteiger partial charge in [-0.1, -0.05) is 0 Å². The van der Waals surface area contributed by atoms with Crippen LogP contribution in [-0.2, 0) is 11.4 Å². The monoisotopic (exact) mass is 405 g/mol. The van der Waals surface area contributed by atoms with Crippen LogP contribution in [0.4, 0.5) is 0 Å². The van der Waals surface area contributed by atoms with E-state index >= 15 is 0 Å². The van der Waals surface area contributed by atoms with Crippen LogP contribution in [0.25, 0.3) is 10.1 Å². The number of fused-ring (bicyclic) bond motifs is 1. The van der Waals surface area contributed by atoms with Crippen molar-refractivity contribution in [2.45, 2.75) is 26.5 Å². The van der Waals surface area contributed by atoms with E-state index in [-0.39, 0.29) is 0 Å². The Balaban J connectivity index is 1.87. The van der Waals surface area contributed by atoms with Crippen LogP contribution in [0.1, 0.15) is 25.8 Å². The van der Waals surface area contributed by atoms with Gasteiger partial charge in [-0.05, 0) is 32.0 Å². The van der Waals surface area contributed by atoms with Gasteiger partial charge in [0.2, 0.25) is 5.91 Å². The molecule has 0 bridgehead atoms. The first-order valence-electron chi connectivity index (χ1n) is 8.16. The van der Waals surface area contributed by atoms with Crippen LogP contribution in [0, 0.1) is 13.8 Å². The van der Waals surface area contributed by atoms with Crippen LogP contribution < -0.4 is 15.8 Å². The van der Waals surface area contributed by atoms with E-state index in [1.165, 1.54) is 22.7 Å². The molecule has 2 heterocycles. The first kappa shape index (κ1) is 19.3. The average molecular weight is 406 g/mol. The molecule has 3 rings (SSSR count). The molecule has 4 N–H and O–H groups in total. The number of primary amides is 1. The van der Waals surface area contributed by atoms with E-state index in [1.807, 2.05) is 32.0 Å². The highest BCUT2D eigenvalue weighted by atomic mass is 32.1. The number of amides is 2. The lowest BCUT2D eigenvalue weighted by molar-refractivity contribution is -0.120. The quantitative estimate of drug-likeness (QED) is 0.557. The molecular formula is C18H19N3O4S2. The number of thiazole rings is 1. The van der Waals surface area contributed by atoms with Crippen molar-refractivity contribution in [1.82, 2.24) is 10.3 Å². The van der Waals surface area contributed by atoms with Gasteiger partial charge in [-0.25, -0.2) is 4.98 Å². The van der Waals surface area contributed by atoms with Gasteiger partial charge in [-0.15, -0.1) is 22.7 Å². The summed E-state index contributed by atoms with van der Waals surface area (Å²) in [4.78, 5) is 30.0. The van der Waals surface area contributed by atoms with E-state index in [9.17, 15) is 14.7 Å². The minimum absolute atomic E-state index is 0.404. The predicted molar refractivity (Wildman–Crippen MR) is 105 cm³/mol. The second kappa shape index (κ2) is 8.03. The Hall–Kier alpha value is -2.49. The van der Waals surface area contributed by atoms with Crippen molar-refractivity contribution in [1.29, 1.82) is 0 Å². The lowest BCUT2D eigenvalue weighted by Gasteiger charge is -2.13. The Bertz CT molecular complexity index is 996. The molecule has 3 aromatic rings. The van der Waals surface area contributed by atoms with Gasteiger partial charge in [0, 0.05) is 15.0 Å². The molecule has 2 amide bonds. The first-order chi connectivity index (χ1) is 12.9. The zero-order chi connectivity index (χ0) is 19.6. The standard InChI is InChI=1S/C18H19N3O4S2/c1-9-15(26-8-20-9)7-25-11-3-4-14-12(5-11)16(10(2)27-14)18(24)21-13(6-22)17(19)23/h3-5,8,13,22H,6-7H2,1-2H3,(H2,19,23)(H,21,24). The summed E-state index contributed by atoms with van der Waals surface area (Å²) in [7, 11) is 0. The lowest BCUT2D eigenvalue weighted by atomic mass is 10.1. The number of aromatic nitrogens is 1. The lowest BCUT2D eigenvalue weighted by Crippen LogP contribution is -2.46. The van der Waals surface area contributed by atoms with E-state index in [1.54, 1.807) is 5.51 Å². The summed E-state index contributed by atoms with van der Waals surface area (Å²) in [6.07, 6.45) is 0. The Morgan fingerprint density at radius 3 is 2.78 bits per heavy atom. The van der Waals surface area contributed by atoms with E-state index in [0.29, 0.717) is 17.9 Å². The van der Waals surface area contributed by atoms with E-state index in [4.69, 9.17) is 10.5 Å². The Kier molecular flexibility index (Phi) is 5.73. The van der Waals surface area contributed by atoms with Crippen LogP contribution in [0.2, 0.25) is 0 Å². The van der Waals surface area contributed by atoms with Crippen molar-refractivity contribution in [2.75, 3.05) is 6.61 Å². The van der Waals surface area contributed by atoms with Crippen LogP contribution in [0.15, 0.2) is 23.7 Å². The van der Waals surface area contributed by atoms with Crippen LogP contribution in [-0.4, -0.2) is 34.6 Å². The third-order valence-electron chi connectivity index (χ3n) is 4.11. The maximum absolute atomic E-state index is 12.6. The number of benzene rings is 1. The van der Waals surface area contributed by atoms with Crippen LogP contribution in [0.5, 0.6) is 5.75 Å². The van der Waals surface area contributed by atoms with Gasteiger partial charge in [0.15, 0.2) is 0 Å². The highest BCUT2D eigenvalue weighted by Gasteiger charge is 2.22. The molecule has 7 nitrogen and oxygen atoms in total. The number of nitrogens with one attached hydrogen (secondary N) is 1. The molecule has 0 fully saturated rings. The molecule has 9 heteroatoms. The highest BCUT2D eigenvalue weighted by molar-refractivity contribution is 7.19. The number of hydrogen-bond donors (Lipinski definition) is 3. The third-order valence-corrected chi connectivity index (χ3v) is 6.10. The molecule has 0 saturated carbocycles. The number of thiophene rings is 1. The molecule has 1 aromatic carbocycles. The Labute approximate surface area is 163 Å². The first-order valence-corrected chi connectivity index (χ1v) is 9.86. The molecule has 1 unspecified atom stereocenters. The van der Waals surface area contributed by atoms with Gasteiger partial charge in [0.25, 0.3) is 5.91 Å². The molecule has 0 aliphatic heterocycles. The molecule has 0 spiro atoms. The Morgan fingerprint density at radius 1 is 1.37 bits per heavy atom. The zero-order valence-electron chi connectivity index (χ0n) is 14.8. The number of aliphatic hydroxyl groups is 1. The van der Waals surface area contributed by atoms with Gasteiger partial charge in [0.1, 0.15) is 18.4 Å². The molecule has 1 atom stereocenters. The SMILES string of the molecule is Cc1ncsc1COc1ccc2sc(C)c(C(=O)NC(CO)C(N)=O)c2c1. The van der Waals surface area contributed by atoms with Crippen molar-refractivity contribution in [2.24, 2.45) is 5.73 Å². The molecular weight excluding hydrogens is 386 g/mol. The fourth-order valence-corrected chi connectivity index (χ4v) is 4.35. The van der Waals surface area contributed by atoms with Crippen molar-refractivity contribution in [3.63, 3.8) is 0 Å². The largest absolute Gasteiger partial charge is 0.488 e. The molecule has 142 valence electrons. The number of ether oxygens (including phenoxy) is 1. The second-order valence-corrected chi connectivity index (χ2v) is 8.15. The molecule has 0 aliphatic rings. The van der Waals surface area contributed by atoms with Gasteiger partial charge in [0.05, 0.1) is 28.3 Å². The van der Waals surface area contributed by atoms with Crippen molar-refractivity contribution in [3.05, 3.63) is 44.7 Å². The van der Waals surface area contributed by atoms with Gasteiger partial charge >= 0.3 is 0 Å².